The SMILES string of the molecule is CCP1(=O)Oc2cccc3cccc(c23)O1. The molecular weight excluding hydrogens is 223 g/mol. The Morgan fingerprint density at radius 1 is 1.06 bits per heavy atom. The van der Waals surface area contributed by atoms with Gasteiger partial charge in [-0.3, -0.25) is 0 Å². The number of rotatable bonds is 1. The summed E-state index contributed by atoms with van der Waals surface area (Å²) in [7, 11) is -2.99. The van der Waals surface area contributed by atoms with Gasteiger partial charge in [-0.05, 0) is 17.5 Å². The Bertz CT molecular complexity index is 561. The monoisotopic (exact) mass is 234 g/mol. The zero-order valence-corrected chi connectivity index (χ0v) is 9.74. The van der Waals surface area contributed by atoms with E-state index in [4.69, 9.17) is 9.05 Å². The first kappa shape index (κ1) is 9.73. The molecule has 0 bridgehead atoms. The molecule has 16 heavy (non-hydrogen) atoms. The third kappa shape index (κ3) is 1.32. The molecule has 0 N–H and O–H groups in total. The number of hydrogen-bond donors (Lipinski definition) is 0. The summed E-state index contributed by atoms with van der Waals surface area (Å²) >= 11 is 0. The van der Waals surface area contributed by atoms with Crippen molar-refractivity contribution >= 4 is 18.4 Å². The Morgan fingerprint density at radius 3 is 2.12 bits per heavy atom. The van der Waals surface area contributed by atoms with Crippen LogP contribution in [-0.2, 0) is 4.57 Å². The summed E-state index contributed by atoms with van der Waals surface area (Å²) in [4.78, 5) is 0. The van der Waals surface area contributed by atoms with Crippen LogP contribution in [0.3, 0.4) is 0 Å². The molecule has 1 heterocycles. The third-order valence-electron chi connectivity index (χ3n) is 2.69. The summed E-state index contributed by atoms with van der Waals surface area (Å²) in [5.74, 6) is 1.31. The van der Waals surface area contributed by atoms with Crippen molar-refractivity contribution in [1.82, 2.24) is 0 Å². The van der Waals surface area contributed by atoms with Crippen LogP contribution in [-0.4, -0.2) is 6.16 Å². The van der Waals surface area contributed by atoms with E-state index in [0.29, 0.717) is 17.7 Å². The molecule has 0 aliphatic carbocycles. The molecule has 0 radical (unpaired) electrons. The molecule has 0 saturated heterocycles. The van der Waals surface area contributed by atoms with Crippen molar-refractivity contribution in [2.75, 3.05) is 6.16 Å². The van der Waals surface area contributed by atoms with Crippen LogP contribution in [0.5, 0.6) is 11.5 Å². The summed E-state index contributed by atoms with van der Waals surface area (Å²) in [6.45, 7) is 1.80. The Labute approximate surface area is 93.5 Å². The van der Waals surface area contributed by atoms with E-state index >= 15 is 0 Å². The Hall–Kier alpha value is -1.47. The fourth-order valence-electron chi connectivity index (χ4n) is 1.87. The zero-order chi connectivity index (χ0) is 11.2. The van der Waals surface area contributed by atoms with Crippen molar-refractivity contribution in [3.63, 3.8) is 0 Å². The van der Waals surface area contributed by atoms with Crippen LogP contribution in [0, 0.1) is 0 Å². The second-order valence-electron chi connectivity index (χ2n) is 3.72. The number of benzene rings is 2. The average molecular weight is 234 g/mol. The van der Waals surface area contributed by atoms with Crippen LogP contribution < -0.4 is 9.05 Å². The molecule has 2 aromatic carbocycles. The lowest BCUT2D eigenvalue weighted by Crippen LogP contribution is -2.08. The summed E-state index contributed by atoms with van der Waals surface area (Å²) < 4.78 is 23.1. The molecule has 0 atom stereocenters. The summed E-state index contributed by atoms with van der Waals surface area (Å²) in [6, 6.07) is 11.4. The molecule has 2 aromatic rings. The van der Waals surface area contributed by atoms with Gasteiger partial charge < -0.3 is 9.05 Å². The topological polar surface area (TPSA) is 35.5 Å². The van der Waals surface area contributed by atoms with E-state index in [1.54, 1.807) is 6.92 Å². The molecule has 0 saturated carbocycles. The standard InChI is InChI=1S/C12H11O3P/c1-2-16(13)14-10-7-3-5-9-6-4-8-11(15-16)12(9)10/h3-8H,2H2,1H3. The second kappa shape index (κ2) is 3.26. The zero-order valence-electron chi connectivity index (χ0n) is 8.84. The van der Waals surface area contributed by atoms with Gasteiger partial charge in [-0.2, -0.15) is 0 Å². The molecule has 1 aliphatic heterocycles. The fraction of sp³-hybridized carbons (Fsp3) is 0.167. The molecule has 3 rings (SSSR count). The molecule has 1 aliphatic rings. The molecule has 4 heteroatoms. The van der Waals surface area contributed by atoms with Crippen molar-refractivity contribution in [3.05, 3.63) is 36.4 Å². The van der Waals surface area contributed by atoms with Crippen LogP contribution in [0.1, 0.15) is 6.92 Å². The minimum atomic E-state index is -2.99. The highest BCUT2D eigenvalue weighted by Crippen LogP contribution is 2.55. The van der Waals surface area contributed by atoms with Gasteiger partial charge in [0.25, 0.3) is 0 Å². The quantitative estimate of drug-likeness (QED) is 0.703. The molecule has 3 nitrogen and oxygen atoms in total. The number of hydrogen-bond acceptors (Lipinski definition) is 3. The van der Waals surface area contributed by atoms with E-state index in [1.807, 2.05) is 36.4 Å². The normalized spacial score (nSPS) is 16.6. The van der Waals surface area contributed by atoms with Crippen molar-refractivity contribution in [3.8, 4) is 11.5 Å². The van der Waals surface area contributed by atoms with E-state index in [0.717, 1.165) is 10.8 Å². The molecule has 0 spiro atoms. The summed E-state index contributed by atoms with van der Waals surface area (Å²) in [5.41, 5.74) is 0. The first-order valence-electron chi connectivity index (χ1n) is 5.22. The van der Waals surface area contributed by atoms with Crippen LogP contribution in [0.25, 0.3) is 10.8 Å². The molecule has 0 amide bonds. The van der Waals surface area contributed by atoms with E-state index in [9.17, 15) is 4.57 Å². The van der Waals surface area contributed by atoms with Crippen molar-refractivity contribution in [2.45, 2.75) is 6.92 Å². The first-order chi connectivity index (χ1) is 7.72. The minimum absolute atomic E-state index is 0.373. The van der Waals surface area contributed by atoms with Gasteiger partial charge in [0.15, 0.2) is 0 Å². The first-order valence-corrected chi connectivity index (χ1v) is 6.95. The molecular formula is C12H11O3P. The lowest BCUT2D eigenvalue weighted by Gasteiger charge is -2.25. The highest BCUT2D eigenvalue weighted by molar-refractivity contribution is 7.54. The summed E-state index contributed by atoms with van der Waals surface area (Å²) in [6.07, 6.45) is 0.373. The van der Waals surface area contributed by atoms with Gasteiger partial charge in [-0.15, -0.1) is 0 Å². The van der Waals surface area contributed by atoms with Gasteiger partial charge in [0.05, 0.1) is 11.5 Å². The second-order valence-corrected chi connectivity index (χ2v) is 5.94. The van der Waals surface area contributed by atoms with Crippen LogP contribution in [0.15, 0.2) is 36.4 Å². The highest BCUT2D eigenvalue weighted by Gasteiger charge is 2.31. The predicted octanol–water partition coefficient (Wildman–Crippen LogP) is 3.82. The molecule has 0 unspecified atom stereocenters. The molecule has 0 aromatic heterocycles. The maximum absolute atomic E-state index is 12.2. The molecule has 0 fully saturated rings. The van der Waals surface area contributed by atoms with E-state index < -0.39 is 7.60 Å². The predicted molar refractivity (Wildman–Crippen MR) is 63.4 cm³/mol. The van der Waals surface area contributed by atoms with Gasteiger partial charge in [-0.25, -0.2) is 4.57 Å². The lowest BCUT2D eigenvalue weighted by molar-refractivity contribution is 0.380. The minimum Gasteiger partial charge on any atom is -0.415 e. The van der Waals surface area contributed by atoms with Gasteiger partial charge in [0.2, 0.25) is 0 Å². The Morgan fingerprint density at radius 2 is 1.62 bits per heavy atom. The fourth-order valence-corrected chi connectivity index (χ4v) is 3.07. The van der Waals surface area contributed by atoms with Crippen LogP contribution in [0.4, 0.5) is 0 Å². The summed E-state index contributed by atoms with van der Waals surface area (Å²) in [5, 5.41) is 1.95. The Balaban J connectivity index is 2.32. The van der Waals surface area contributed by atoms with Gasteiger partial charge in [-0.1, -0.05) is 31.2 Å². The maximum atomic E-state index is 12.2. The van der Waals surface area contributed by atoms with Gasteiger partial charge in [0.1, 0.15) is 11.5 Å². The van der Waals surface area contributed by atoms with Crippen LogP contribution >= 0.6 is 7.60 Å². The van der Waals surface area contributed by atoms with Crippen molar-refractivity contribution < 1.29 is 13.6 Å². The van der Waals surface area contributed by atoms with Gasteiger partial charge in [0, 0.05) is 0 Å². The smallest absolute Gasteiger partial charge is 0.415 e. The van der Waals surface area contributed by atoms with Crippen LogP contribution in [0.2, 0.25) is 0 Å². The van der Waals surface area contributed by atoms with Crippen molar-refractivity contribution in [2.24, 2.45) is 0 Å². The highest BCUT2D eigenvalue weighted by atomic mass is 31.2. The molecule has 82 valence electrons. The largest absolute Gasteiger partial charge is 0.430 e. The maximum Gasteiger partial charge on any atom is 0.430 e. The lowest BCUT2D eigenvalue weighted by atomic mass is 10.1. The van der Waals surface area contributed by atoms with E-state index in [2.05, 4.69) is 0 Å². The third-order valence-corrected chi connectivity index (χ3v) is 4.41. The van der Waals surface area contributed by atoms with Gasteiger partial charge >= 0.3 is 7.60 Å². The Kier molecular flexibility index (Phi) is 1.98. The van der Waals surface area contributed by atoms with E-state index in [-0.39, 0.29) is 0 Å². The van der Waals surface area contributed by atoms with Crippen molar-refractivity contribution in [1.29, 1.82) is 0 Å². The van der Waals surface area contributed by atoms with E-state index in [1.165, 1.54) is 0 Å². The average Bonchev–Trinajstić information content (AvgIpc) is 2.29.